The fraction of sp³-hybridized carbons (Fsp3) is 0.579. The standard InChI is InChI=1S/C19H26O/c1-13(14-8-6-5-7-9-14)12-16-18(2,3)15-10-11-19(16,4)17(15)20/h5-9,12-13,15,17,20H,10-11H2,1-4H3/b16-12+. The predicted molar refractivity (Wildman–Crippen MR) is 83.6 cm³/mol. The van der Waals surface area contributed by atoms with Gasteiger partial charge >= 0.3 is 0 Å². The molecule has 1 aromatic carbocycles. The molecule has 0 aliphatic heterocycles. The molecule has 3 rings (SSSR count). The number of hydrogen-bond donors (Lipinski definition) is 1. The van der Waals surface area contributed by atoms with E-state index in [1.54, 1.807) is 0 Å². The van der Waals surface area contributed by atoms with E-state index in [0.717, 1.165) is 6.42 Å². The third-order valence-electron chi connectivity index (χ3n) is 5.99. The molecule has 1 heteroatoms. The van der Waals surface area contributed by atoms with E-state index in [0.29, 0.717) is 11.8 Å². The second kappa shape index (κ2) is 4.46. The number of rotatable bonds is 2. The highest BCUT2D eigenvalue weighted by atomic mass is 16.3. The molecule has 1 nitrogen and oxygen atoms in total. The molecular weight excluding hydrogens is 244 g/mol. The minimum absolute atomic E-state index is 0.00277. The summed E-state index contributed by atoms with van der Waals surface area (Å²) in [6.07, 6.45) is 4.57. The Labute approximate surface area is 122 Å². The summed E-state index contributed by atoms with van der Waals surface area (Å²) in [5, 5.41) is 10.6. The molecule has 2 saturated carbocycles. The molecule has 2 aliphatic rings. The van der Waals surface area contributed by atoms with Crippen LogP contribution >= 0.6 is 0 Å². The van der Waals surface area contributed by atoms with Gasteiger partial charge in [-0.2, -0.15) is 0 Å². The van der Waals surface area contributed by atoms with Gasteiger partial charge in [0.05, 0.1) is 6.10 Å². The molecule has 2 bridgehead atoms. The monoisotopic (exact) mass is 270 g/mol. The normalized spacial score (nSPS) is 38.4. The maximum atomic E-state index is 10.6. The molecule has 4 atom stereocenters. The Bertz CT molecular complexity index is 528. The van der Waals surface area contributed by atoms with Gasteiger partial charge in [0.25, 0.3) is 0 Å². The van der Waals surface area contributed by atoms with Crippen molar-refractivity contribution in [2.24, 2.45) is 16.7 Å². The molecule has 0 spiro atoms. The molecule has 108 valence electrons. The van der Waals surface area contributed by atoms with Crippen LogP contribution in [0.4, 0.5) is 0 Å². The maximum Gasteiger partial charge on any atom is 0.0667 e. The van der Waals surface area contributed by atoms with Crippen molar-refractivity contribution >= 4 is 0 Å². The minimum Gasteiger partial charge on any atom is -0.392 e. The van der Waals surface area contributed by atoms with E-state index in [-0.39, 0.29) is 16.9 Å². The molecule has 0 radical (unpaired) electrons. The van der Waals surface area contributed by atoms with Gasteiger partial charge in [-0.05, 0) is 35.7 Å². The number of fused-ring (bicyclic) bond motifs is 2. The average Bonchev–Trinajstić information content (AvgIpc) is 2.79. The van der Waals surface area contributed by atoms with Crippen LogP contribution in [-0.4, -0.2) is 11.2 Å². The van der Waals surface area contributed by atoms with Gasteiger partial charge in [0, 0.05) is 5.41 Å². The quantitative estimate of drug-likeness (QED) is 0.783. The van der Waals surface area contributed by atoms with Crippen molar-refractivity contribution in [3.63, 3.8) is 0 Å². The third-order valence-corrected chi connectivity index (χ3v) is 5.99. The zero-order valence-corrected chi connectivity index (χ0v) is 13.1. The predicted octanol–water partition coefficient (Wildman–Crippen LogP) is 4.53. The molecule has 1 N–H and O–H groups in total. The van der Waals surface area contributed by atoms with E-state index in [4.69, 9.17) is 0 Å². The van der Waals surface area contributed by atoms with Crippen molar-refractivity contribution < 1.29 is 5.11 Å². The second-order valence-electron chi connectivity index (χ2n) is 7.51. The summed E-state index contributed by atoms with van der Waals surface area (Å²) in [6.45, 7) is 9.15. The van der Waals surface area contributed by atoms with Gasteiger partial charge in [0.2, 0.25) is 0 Å². The van der Waals surface area contributed by atoms with Gasteiger partial charge in [-0.3, -0.25) is 0 Å². The molecule has 2 fully saturated rings. The molecule has 4 unspecified atom stereocenters. The lowest BCUT2D eigenvalue weighted by Gasteiger charge is -2.37. The number of aliphatic hydroxyl groups is 1. The Morgan fingerprint density at radius 2 is 1.85 bits per heavy atom. The Kier molecular flexibility index (Phi) is 3.10. The number of benzene rings is 1. The van der Waals surface area contributed by atoms with Gasteiger partial charge in [0.15, 0.2) is 0 Å². The molecule has 0 amide bonds. The van der Waals surface area contributed by atoms with Crippen molar-refractivity contribution in [1.82, 2.24) is 0 Å². The van der Waals surface area contributed by atoms with Crippen molar-refractivity contribution in [2.45, 2.75) is 52.6 Å². The maximum absolute atomic E-state index is 10.6. The van der Waals surface area contributed by atoms with Gasteiger partial charge < -0.3 is 5.11 Å². The van der Waals surface area contributed by atoms with Crippen LogP contribution in [0, 0.1) is 16.7 Å². The van der Waals surface area contributed by atoms with E-state index in [1.807, 2.05) is 0 Å². The summed E-state index contributed by atoms with van der Waals surface area (Å²) in [5.41, 5.74) is 2.97. The molecule has 2 aliphatic carbocycles. The van der Waals surface area contributed by atoms with Gasteiger partial charge in [-0.25, -0.2) is 0 Å². The first-order valence-electron chi connectivity index (χ1n) is 7.83. The molecule has 1 aromatic rings. The van der Waals surface area contributed by atoms with Crippen LogP contribution in [0.3, 0.4) is 0 Å². The van der Waals surface area contributed by atoms with Crippen molar-refractivity contribution in [3.05, 3.63) is 47.5 Å². The van der Waals surface area contributed by atoms with Crippen molar-refractivity contribution in [3.8, 4) is 0 Å². The van der Waals surface area contributed by atoms with Gasteiger partial charge in [0.1, 0.15) is 0 Å². The van der Waals surface area contributed by atoms with Crippen molar-refractivity contribution in [1.29, 1.82) is 0 Å². The van der Waals surface area contributed by atoms with Crippen LogP contribution < -0.4 is 0 Å². The number of allylic oxidation sites excluding steroid dienone is 1. The van der Waals surface area contributed by atoms with E-state index in [1.165, 1.54) is 17.6 Å². The van der Waals surface area contributed by atoms with E-state index < -0.39 is 0 Å². The first-order chi connectivity index (χ1) is 9.37. The Hall–Kier alpha value is -1.08. The number of aliphatic hydroxyl groups excluding tert-OH is 1. The first-order valence-corrected chi connectivity index (χ1v) is 7.83. The fourth-order valence-electron chi connectivity index (χ4n) is 4.70. The van der Waals surface area contributed by atoms with Gasteiger partial charge in [-0.15, -0.1) is 0 Å². The SMILES string of the molecule is CC(/C=C1\C(C)(C)C2CCC1(C)C2O)c1ccccc1. The van der Waals surface area contributed by atoms with Crippen molar-refractivity contribution in [2.75, 3.05) is 0 Å². The summed E-state index contributed by atoms with van der Waals surface area (Å²) in [4.78, 5) is 0. The molecule has 20 heavy (non-hydrogen) atoms. The number of hydrogen-bond acceptors (Lipinski definition) is 1. The molecule has 0 heterocycles. The van der Waals surface area contributed by atoms with E-state index in [2.05, 4.69) is 64.1 Å². The highest BCUT2D eigenvalue weighted by Gasteiger charge is 2.61. The Morgan fingerprint density at radius 1 is 1.20 bits per heavy atom. The van der Waals surface area contributed by atoms with Crippen LogP contribution in [0.5, 0.6) is 0 Å². The zero-order valence-electron chi connectivity index (χ0n) is 13.1. The summed E-state index contributed by atoms with van der Waals surface area (Å²) in [7, 11) is 0. The van der Waals surface area contributed by atoms with Crippen LogP contribution in [0.15, 0.2) is 42.0 Å². The zero-order chi connectivity index (χ0) is 14.5. The highest BCUT2D eigenvalue weighted by Crippen LogP contribution is 2.66. The van der Waals surface area contributed by atoms with Crippen LogP contribution in [0.2, 0.25) is 0 Å². The van der Waals surface area contributed by atoms with Crippen LogP contribution in [0.25, 0.3) is 0 Å². The smallest absolute Gasteiger partial charge is 0.0667 e. The lowest BCUT2D eigenvalue weighted by Crippen LogP contribution is -2.27. The molecule has 0 saturated heterocycles. The summed E-state index contributed by atoms with van der Waals surface area (Å²) >= 11 is 0. The minimum atomic E-state index is -0.160. The third kappa shape index (κ3) is 1.79. The highest BCUT2D eigenvalue weighted by molar-refractivity contribution is 5.37. The second-order valence-corrected chi connectivity index (χ2v) is 7.51. The summed E-state index contributed by atoms with van der Waals surface area (Å²) < 4.78 is 0. The lowest BCUT2D eigenvalue weighted by molar-refractivity contribution is 0.0752. The fourth-order valence-corrected chi connectivity index (χ4v) is 4.70. The van der Waals surface area contributed by atoms with Gasteiger partial charge in [-0.1, -0.05) is 69.7 Å². The molecular formula is C19H26O. The van der Waals surface area contributed by atoms with E-state index in [9.17, 15) is 5.11 Å². The Balaban J connectivity index is 1.99. The topological polar surface area (TPSA) is 20.2 Å². The summed E-state index contributed by atoms with van der Waals surface area (Å²) in [5.74, 6) is 0.843. The van der Waals surface area contributed by atoms with Crippen LogP contribution in [0.1, 0.15) is 52.0 Å². The summed E-state index contributed by atoms with van der Waals surface area (Å²) in [6, 6.07) is 10.7. The van der Waals surface area contributed by atoms with E-state index >= 15 is 0 Å². The average molecular weight is 270 g/mol. The van der Waals surface area contributed by atoms with Crippen LogP contribution in [-0.2, 0) is 0 Å². The first kappa shape index (κ1) is 13.9. The molecule has 0 aromatic heterocycles. The largest absolute Gasteiger partial charge is 0.392 e. The lowest BCUT2D eigenvalue weighted by atomic mass is 9.67. The Morgan fingerprint density at radius 3 is 2.40 bits per heavy atom.